The number of nitrogens with zero attached hydrogens (tertiary/aromatic N) is 5. The molecule has 0 aliphatic rings. The van der Waals surface area contributed by atoms with E-state index in [1.807, 2.05) is 85.1 Å². The van der Waals surface area contributed by atoms with Crippen molar-refractivity contribution < 1.29 is 4.42 Å². The molecule has 6 heteroatoms. The summed E-state index contributed by atoms with van der Waals surface area (Å²) >= 11 is 0. The zero-order valence-corrected chi connectivity index (χ0v) is 33.7. The molecular weight excluding hydrogens is 771 g/mol. The Morgan fingerprint density at radius 1 is 0.349 bits per heavy atom. The first kappa shape index (κ1) is 36.1. The Kier molecular flexibility index (Phi) is 8.44. The van der Waals surface area contributed by atoms with Crippen LogP contribution in [-0.4, -0.2) is 19.9 Å². The molecule has 0 saturated carbocycles. The summed E-state index contributed by atoms with van der Waals surface area (Å²) in [6.45, 7) is 7.47. The van der Waals surface area contributed by atoms with Crippen LogP contribution in [0.3, 0.4) is 0 Å². The Labute approximate surface area is 362 Å². The van der Waals surface area contributed by atoms with Gasteiger partial charge in [-0.1, -0.05) is 146 Å². The summed E-state index contributed by atoms with van der Waals surface area (Å²) in [7, 11) is 0. The largest absolute Gasteiger partial charge is 0.456 e. The molecule has 12 aromatic rings. The zero-order valence-electron chi connectivity index (χ0n) is 33.7. The van der Waals surface area contributed by atoms with Gasteiger partial charge < -0.3 is 4.42 Å². The first-order valence-electron chi connectivity index (χ1n) is 20.8. The summed E-state index contributed by atoms with van der Waals surface area (Å²) in [5, 5.41) is 7.82. The van der Waals surface area contributed by atoms with Crippen molar-refractivity contribution in [2.24, 2.45) is 0 Å². The topological polar surface area (TPSA) is 69.1 Å². The maximum Gasteiger partial charge on any atom is 0.187 e. The van der Waals surface area contributed by atoms with Gasteiger partial charge >= 0.3 is 0 Å². The van der Waals surface area contributed by atoms with Crippen LogP contribution >= 0.6 is 0 Å². The quantitative estimate of drug-likeness (QED) is 0.124. The molecule has 0 saturated heterocycles. The molecule has 0 amide bonds. The molecule has 292 valence electrons. The molecule has 0 bridgehead atoms. The molecule has 0 N–H and O–H groups in total. The molecule has 0 fully saturated rings. The third-order valence-electron chi connectivity index (χ3n) is 12.0. The highest BCUT2D eigenvalue weighted by Gasteiger charge is 2.18. The fourth-order valence-corrected chi connectivity index (χ4v) is 8.92. The van der Waals surface area contributed by atoms with E-state index in [1.54, 1.807) is 0 Å². The SMILES string of the molecule is [C-]#[N+]c1cccc(-c2ccc(-c3cc4c5cccnc5c(-c5cccc(-c6nc(-c7ccccc7)nc(-c7ccc8c(c7)oc7ccccc78)n6)c5)cc4c4ccccc34)cc2)c1. The van der Waals surface area contributed by atoms with Gasteiger partial charge in [0.1, 0.15) is 11.2 Å². The van der Waals surface area contributed by atoms with Gasteiger partial charge in [0.15, 0.2) is 23.2 Å². The second-order valence-electron chi connectivity index (χ2n) is 15.7. The minimum atomic E-state index is 0.565. The highest BCUT2D eigenvalue weighted by Crippen LogP contribution is 2.42. The van der Waals surface area contributed by atoms with Crippen LogP contribution in [0.4, 0.5) is 5.69 Å². The molecule has 9 aromatic carbocycles. The highest BCUT2D eigenvalue weighted by atomic mass is 16.3. The minimum absolute atomic E-state index is 0.565. The third-order valence-corrected chi connectivity index (χ3v) is 12.0. The Hall–Kier alpha value is -8.79. The molecular formula is C57H33N5O. The van der Waals surface area contributed by atoms with Crippen molar-refractivity contribution in [1.29, 1.82) is 0 Å². The van der Waals surface area contributed by atoms with Gasteiger partial charge in [0.05, 0.1) is 12.1 Å². The lowest BCUT2D eigenvalue weighted by atomic mass is 9.88. The molecule has 12 rings (SSSR count). The molecule has 0 spiro atoms. The van der Waals surface area contributed by atoms with Crippen LogP contribution < -0.4 is 0 Å². The maximum absolute atomic E-state index is 7.47. The maximum atomic E-state index is 7.47. The lowest BCUT2D eigenvalue weighted by Gasteiger charge is -2.16. The predicted octanol–water partition coefficient (Wildman–Crippen LogP) is 15.2. The summed E-state index contributed by atoms with van der Waals surface area (Å²) in [4.78, 5) is 23.9. The van der Waals surface area contributed by atoms with Gasteiger partial charge in [0.25, 0.3) is 0 Å². The minimum Gasteiger partial charge on any atom is -0.456 e. The first-order valence-corrected chi connectivity index (χ1v) is 20.8. The van der Waals surface area contributed by atoms with Crippen LogP contribution in [-0.2, 0) is 0 Å². The first-order chi connectivity index (χ1) is 31.1. The normalized spacial score (nSPS) is 11.5. The van der Waals surface area contributed by atoms with Crippen LogP contribution in [0.5, 0.6) is 0 Å². The lowest BCUT2D eigenvalue weighted by molar-refractivity contribution is 0.669. The smallest absolute Gasteiger partial charge is 0.187 e. The van der Waals surface area contributed by atoms with Crippen LogP contribution in [0.15, 0.2) is 205 Å². The van der Waals surface area contributed by atoms with Gasteiger partial charge in [-0.25, -0.2) is 19.8 Å². The number of hydrogen-bond acceptors (Lipinski definition) is 5. The Balaban J connectivity index is 0.997. The number of rotatable bonds is 6. The van der Waals surface area contributed by atoms with Crippen molar-refractivity contribution in [2.45, 2.75) is 0 Å². The Morgan fingerprint density at radius 3 is 1.76 bits per heavy atom. The number of aromatic nitrogens is 4. The van der Waals surface area contributed by atoms with Crippen LogP contribution in [0, 0.1) is 6.57 Å². The number of para-hydroxylation sites is 1. The van der Waals surface area contributed by atoms with E-state index in [-0.39, 0.29) is 0 Å². The predicted molar refractivity (Wildman–Crippen MR) is 256 cm³/mol. The lowest BCUT2D eigenvalue weighted by Crippen LogP contribution is -2.00. The summed E-state index contributed by atoms with van der Waals surface area (Å²) in [6, 6.07) is 66.6. The fourth-order valence-electron chi connectivity index (χ4n) is 8.92. The van der Waals surface area contributed by atoms with Gasteiger partial charge in [-0.05, 0) is 97.9 Å². The molecule has 0 atom stereocenters. The molecule has 6 nitrogen and oxygen atoms in total. The van der Waals surface area contributed by atoms with E-state index in [4.69, 9.17) is 30.9 Å². The second-order valence-corrected chi connectivity index (χ2v) is 15.7. The van der Waals surface area contributed by atoms with Crippen LogP contribution in [0.2, 0.25) is 0 Å². The van der Waals surface area contributed by atoms with Crippen molar-refractivity contribution in [3.05, 3.63) is 212 Å². The van der Waals surface area contributed by atoms with Crippen LogP contribution in [0.1, 0.15) is 0 Å². The Morgan fingerprint density at radius 2 is 0.937 bits per heavy atom. The molecule has 0 radical (unpaired) electrons. The Bertz CT molecular complexity index is 3810. The van der Waals surface area contributed by atoms with E-state index in [0.717, 1.165) is 99.1 Å². The molecule has 3 heterocycles. The van der Waals surface area contributed by atoms with Crippen molar-refractivity contribution in [3.8, 4) is 67.5 Å². The molecule has 0 aliphatic carbocycles. The molecule has 3 aromatic heterocycles. The van der Waals surface area contributed by atoms with E-state index < -0.39 is 0 Å². The summed E-state index contributed by atoms with van der Waals surface area (Å²) in [5.41, 5.74) is 12.2. The zero-order chi connectivity index (χ0) is 41.9. The van der Waals surface area contributed by atoms with Crippen LogP contribution in [0.25, 0.3) is 127 Å². The van der Waals surface area contributed by atoms with E-state index in [9.17, 15) is 0 Å². The van der Waals surface area contributed by atoms with E-state index in [2.05, 4.69) is 120 Å². The summed E-state index contributed by atoms with van der Waals surface area (Å²) < 4.78 is 6.27. The van der Waals surface area contributed by atoms with Gasteiger partial charge in [0.2, 0.25) is 0 Å². The third kappa shape index (κ3) is 6.27. The molecule has 0 unspecified atom stereocenters. The summed E-state index contributed by atoms with van der Waals surface area (Å²) in [6.07, 6.45) is 1.87. The van der Waals surface area contributed by atoms with Crippen molar-refractivity contribution in [2.75, 3.05) is 0 Å². The van der Waals surface area contributed by atoms with Gasteiger partial charge in [-0.2, -0.15) is 0 Å². The van der Waals surface area contributed by atoms with Gasteiger partial charge in [0, 0.05) is 44.6 Å². The number of hydrogen-bond donors (Lipinski definition) is 0. The van der Waals surface area contributed by atoms with Crippen molar-refractivity contribution >= 4 is 60.1 Å². The monoisotopic (exact) mass is 803 g/mol. The van der Waals surface area contributed by atoms with E-state index in [1.165, 1.54) is 5.39 Å². The second kappa shape index (κ2) is 14.7. The van der Waals surface area contributed by atoms with E-state index >= 15 is 0 Å². The van der Waals surface area contributed by atoms with Crippen molar-refractivity contribution in [1.82, 2.24) is 19.9 Å². The van der Waals surface area contributed by atoms with Crippen molar-refractivity contribution in [3.63, 3.8) is 0 Å². The average molecular weight is 804 g/mol. The number of pyridine rings is 1. The standard InChI is InChI=1S/C57H33N5O/c1-58-42-17-10-14-38(31-42)35-23-25-36(26-24-35)48-33-51-47-21-11-29-59-54(47)49(34-50(51)44-19-6-5-18-43(44)48)39-15-9-16-40(30-39)56-60-55(37-12-3-2-4-13-37)61-57(62-56)41-27-28-46-45-20-7-8-22-52(45)63-53(46)32-41/h2-34H. The fraction of sp³-hybridized carbons (Fsp3) is 0. The average Bonchev–Trinajstić information content (AvgIpc) is 3.74. The van der Waals surface area contributed by atoms with Gasteiger partial charge in [-0.15, -0.1) is 0 Å². The molecule has 63 heavy (non-hydrogen) atoms. The number of benzene rings is 9. The number of fused-ring (bicyclic) bond motifs is 8. The highest BCUT2D eigenvalue weighted by molar-refractivity contribution is 6.23. The van der Waals surface area contributed by atoms with Gasteiger partial charge in [-0.3, -0.25) is 4.98 Å². The van der Waals surface area contributed by atoms with E-state index in [0.29, 0.717) is 23.2 Å². The summed E-state index contributed by atoms with van der Waals surface area (Å²) in [5.74, 6) is 1.73. The molecule has 0 aliphatic heterocycles. The number of furan rings is 1.